The van der Waals surface area contributed by atoms with E-state index in [0.29, 0.717) is 6.42 Å². The molecule has 0 aliphatic carbocycles. The Labute approximate surface area is 131 Å². The van der Waals surface area contributed by atoms with Gasteiger partial charge in [-0.2, -0.15) is 0 Å². The molecule has 22 heavy (non-hydrogen) atoms. The van der Waals surface area contributed by atoms with Crippen molar-refractivity contribution >= 4 is 0 Å². The summed E-state index contributed by atoms with van der Waals surface area (Å²) in [5.74, 6) is 0. The Kier molecular flexibility index (Phi) is 7.18. The Morgan fingerprint density at radius 3 is 2.36 bits per heavy atom. The summed E-state index contributed by atoms with van der Waals surface area (Å²) in [6.07, 6.45) is -1.28. The maximum absolute atomic E-state index is 10.0. The molecule has 6 heteroatoms. The van der Waals surface area contributed by atoms with Gasteiger partial charge in [0.05, 0.1) is 12.2 Å². The lowest BCUT2D eigenvalue weighted by Gasteiger charge is -2.42. The van der Waals surface area contributed by atoms with Gasteiger partial charge in [-0.05, 0) is 33.6 Å². The van der Waals surface area contributed by atoms with Gasteiger partial charge in [-0.25, -0.2) is 0 Å². The van der Waals surface area contributed by atoms with Crippen LogP contribution in [0.2, 0.25) is 0 Å². The topological polar surface area (TPSA) is 99.4 Å². The highest BCUT2D eigenvalue weighted by atomic mass is 16.7. The quantitative estimate of drug-likeness (QED) is 0.510. The molecular formula is C16H28O6. The largest absolute Gasteiger partial charge is 0.394 e. The van der Waals surface area contributed by atoms with Gasteiger partial charge in [-0.1, -0.05) is 17.7 Å². The van der Waals surface area contributed by atoms with Gasteiger partial charge in [0.1, 0.15) is 24.4 Å². The highest BCUT2D eigenvalue weighted by Crippen LogP contribution is 2.29. The summed E-state index contributed by atoms with van der Waals surface area (Å²) in [6, 6.07) is 0. The van der Waals surface area contributed by atoms with E-state index < -0.39 is 42.9 Å². The average molecular weight is 316 g/mol. The summed E-state index contributed by atoms with van der Waals surface area (Å²) in [5.41, 5.74) is 0.429. The van der Waals surface area contributed by atoms with Crippen molar-refractivity contribution < 1.29 is 29.9 Å². The molecule has 1 heterocycles. The van der Waals surface area contributed by atoms with E-state index in [9.17, 15) is 20.4 Å². The first-order chi connectivity index (χ1) is 10.2. The summed E-state index contributed by atoms with van der Waals surface area (Å²) >= 11 is 0. The zero-order chi connectivity index (χ0) is 16.9. The van der Waals surface area contributed by atoms with E-state index in [1.165, 1.54) is 5.57 Å². The van der Waals surface area contributed by atoms with Gasteiger partial charge in [-0.15, -0.1) is 6.58 Å². The van der Waals surface area contributed by atoms with Crippen molar-refractivity contribution in [2.24, 2.45) is 0 Å². The second-order valence-electron chi connectivity index (χ2n) is 6.15. The van der Waals surface area contributed by atoms with Gasteiger partial charge < -0.3 is 29.9 Å². The van der Waals surface area contributed by atoms with Gasteiger partial charge in [0, 0.05) is 0 Å². The summed E-state index contributed by atoms with van der Waals surface area (Å²) in [7, 11) is 0. The molecule has 0 saturated carbocycles. The number of aliphatic hydroxyl groups is 4. The highest BCUT2D eigenvalue weighted by Gasteiger charge is 2.45. The molecule has 1 aliphatic heterocycles. The van der Waals surface area contributed by atoms with E-state index in [1.807, 2.05) is 13.8 Å². The number of hydrogen-bond donors (Lipinski definition) is 4. The van der Waals surface area contributed by atoms with Crippen LogP contribution in [0, 0.1) is 0 Å². The van der Waals surface area contributed by atoms with E-state index in [0.717, 1.165) is 6.42 Å². The Bertz CT molecular complexity index is 390. The number of allylic oxidation sites excluding steroid dienone is 2. The molecule has 6 nitrogen and oxygen atoms in total. The maximum Gasteiger partial charge on any atom is 0.187 e. The van der Waals surface area contributed by atoms with Crippen LogP contribution in [-0.2, 0) is 9.47 Å². The lowest BCUT2D eigenvalue weighted by Crippen LogP contribution is -2.60. The predicted octanol–water partition coefficient (Wildman–Crippen LogP) is 0.494. The fourth-order valence-corrected chi connectivity index (χ4v) is 2.29. The molecule has 4 N–H and O–H groups in total. The third-order valence-electron chi connectivity index (χ3n) is 3.86. The normalized spacial score (nSPS) is 34.8. The predicted molar refractivity (Wildman–Crippen MR) is 82.1 cm³/mol. The minimum Gasteiger partial charge on any atom is -0.394 e. The fraction of sp³-hybridized carbons (Fsp3) is 0.750. The van der Waals surface area contributed by atoms with Crippen LogP contribution in [-0.4, -0.2) is 63.3 Å². The lowest BCUT2D eigenvalue weighted by molar-refractivity contribution is -0.319. The minimum atomic E-state index is -1.44. The van der Waals surface area contributed by atoms with Gasteiger partial charge in [-0.3, -0.25) is 0 Å². The fourth-order valence-electron chi connectivity index (χ4n) is 2.29. The molecule has 128 valence electrons. The smallest absolute Gasteiger partial charge is 0.187 e. The molecule has 0 radical (unpaired) electrons. The van der Waals surface area contributed by atoms with E-state index in [1.54, 1.807) is 13.0 Å². The van der Waals surface area contributed by atoms with E-state index in [4.69, 9.17) is 9.47 Å². The second-order valence-corrected chi connectivity index (χ2v) is 6.15. The standard InChI is InChI=1S/C16H28O6/c1-5-16(4,8-6-7-10(2)3)22-15-14(20)13(19)12(18)11(9-17)21-15/h5,7,11-15,17-20H,1,6,8-9H2,2-4H3/t11-,12-,13+,14-,15+,16+/m1/s1. The molecule has 1 saturated heterocycles. The van der Waals surface area contributed by atoms with Crippen LogP contribution in [0.5, 0.6) is 0 Å². The van der Waals surface area contributed by atoms with Gasteiger partial charge in [0.2, 0.25) is 0 Å². The summed E-state index contributed by atoms with van der Waals surface area (Å²) in [4.78, 5) is 0. The molecule has 0 unspecified atom stereocenters. The molecule has 0 aromatic carbocycles. The average Bonchev–Trinajstić information content (AvgIpc) is 2.47. The lowest BCUT2D eigenvalue weighted by atomic mass is 9.96. The SMILES string of the molecule is C=C[C@@](C)(CCC=C(C)C)O[C@@H]1O[C@H](CO)[C@@H](O)[C@H](O)[C@H]1O. The molecule has 0 bridgehead atoms. The van der Waals surface area contributed by atoms with E-state index >= 15 is 0 Å². The van der Waals surface area contributed by atoms with Crippen molar-refractivity contribution in [3.05, 3.63) is 24.3 Å². The number of ether oxygens (including phenoxy) is 2. The van der Waals surface area contributed by atoms with Crippen LogP contribution in [0.3, 0.4) is 0 Å². The second kappa shape index (κ2) is 8.19. The first kappa shape index (κ1) is 19.3. The zero-order valence-corrected chi connectivity index (χ0v) is 13.5. The molecule has 0 amide bonds. The van der Waals surface area contributed by atoms with Crippen LogP contribution in [0.1, 0.15) is 33.6 Å². The molecule has 6 atom stereocenters. The Morgan fingerprint density at radius 2 is 1.86 bits per heavy atom. The summed E-state index contributed by atoms with van der Waals surface area (Å²) < 4.78 is 11.1. The van der Waals surface area contributed by atoms with Crippen LogP contribution < -0.4 is 0 Å². The van der Waals surface area contributed by atoms with Crippen LogP contribution in [0.4, 0.5) is 0 Å². The monoisotopic (exact) mass is 316 g/mol. The van der Waals surface area contributed by atoms with Crippen LogP contribution in [0.25, 0.3) is 0 Å². The van der Waals surface area contributed by atoms with Crippen molar-refractivity contribution in [3.63, 3.8) is 0 Å². The van der Waals surface area contributed by atoms with E-state index in [-0.39, 0.29) is 0 Å². The van der Waals surface area contributed by atoms with Crippen molar-refractivity contribution in [1.29, 1.82) is 0 Å². The highest BCUT2D eigenvalue weighted by molar-refractivity contribution is 5.00. The van der Waals surface area contributed by atoms with Gasteiger partial charge >= 0.3 is 0 Å². The zero-order valence-electron chi connectivity index (χ0n) is 13.5. The molecule has 1 aliphatic rings. The summed E-state index contributed by atoms with van der Waals surface area (Å²) in [6.45, 7) is 9.08. The Morgan fingerprint density at radius 1 is 1.23 bits per heavy atom. The Hall–Kier alpha value is -0.760. The molecule has 1 fully saturated rings. The minimum absolute atomic E-state index is 0.479. The van der Waals surface area contributed by atoms with Crippen molar-refractivity contribution in [2.45, 2.75) is 69.9 Å². The third kappa shape index (κ3) is 4.87. The Balaban J connectivity index is 2.75. The number of aliphatic hydroxyl groups excluding tert-OH is 4. The molecule has 1 rings (SSSR count). The summed E-state index contributed by atoms with van der Waals surface area (Å²) in [5, 5.41) is 38.7. The molecule has 0 aromatic rings. The number of hydrogen-bond acceptors (Lipinski definition) is 6. The van der Waals surface area contributed by atoms with Gasteiger partial charge in [0.25, 0.3) is 0 Å². The molecule has 0 aromatic heterocycles. The van der Waals surface area contributed by atoms with Gasteiger partial charge in [0.15, 0.2) is 6.29 Å². The van der Waals surface area contributed by atoms with Crippen LogP contribution in [0.15, 0.2) is 24.3 Å². The van der Waals surface area contributed by atoms with E-state index in [2.05, 4.69) is 12.7 Å². The molecule has 0 spiro atoms. The third-order valence-corrected chi connectivity index (χ3v) is 3.86. The maximum atomic E-state index is 10.0. The first-order valence-electron chi connectivity index (χ1n) is 7.49. The number of rotatable bonds is 7. The van der Waals surface area contributed by atoms with Crippen molar-refractivity contribution in [2.75, 3.05) is 6.61 Å². The van der Waals surface area contributed by atoms with Crippen LogP contribution >= 0.6 is 0 Å². The van der Waals surface area contributed by atoms with Crippen molar-refractivity contribution in [1.82, 2.24) is 0 Å². The first-order valence-corrected chi connectivity index (χ1v) is 7.49. The molecular weight excluding hydrogens is 288 g/mol. The van der Waals surface area contributed by atoms with Crippen molar-refractivity contribution in [3.8, 4) is 0 Å².